The molecule has 5 rings (SSSR count). The van der Waals surface area contributed by atoms with Gasteiger partial charge in [-0.25, -0.2) is 17.6 Å². The predicted molar refractivity (Wildman–Crippen MR) is 164 cm³/mol. The molecule has 0 saturated heterocycles. The van der Waals surface area contributed by atoms with Gasteiger partial charge in [-0.15, -0.1) is 0 Å². The molecule has 4 aromatic rings. The van der Waals surface area contributed by atoms with Gasteiger partial charge < -0.3 is 14.2 Å². The van der Waals surface area contributed by atoms with E-state index in [1.165, 1.54) is 6.07 Å². The zero-order valence-corrected chi connectivity index (χ0v) is 26.4. The number of ether oxygens (including phenoxy) is 3. The van der Waals surface area contributed by atoms with Crippen LogP contribution in [0.15, 0.2) is 97.0 Å². The van der Waals surface area contributed by atoms with Crippen LogP contribution in [0.25, 0.3) is 11.1 Å². The van der Waals surface area contributed by atoms with Crippen LogP contribution in [0.4, 0.5) is 48.3 Å². The SMILES string of the molecule is CC=CC1CCC(c2ccc(-c3ccc(C(F)(F)Oc4ccc(C(F)(F)Oc5cc(F)c(OC(F)=C(F)F)c(F)c5)c(F)c4)c(F)c3)cc2)CC1. The monoisotopic (exact) mass is 728 g/mol. The molecule has 0 bridgehead atoms. The summed E-state index contributed by atoms with van der Waals surface area (Å²) in [5.74, 6) is -10.2. The van der Waals surface area contributed by atoms with Gasteiger partial charge in [-0.05, 0) is 85.4 Å². The number of benzene rings is 4. The Morgan fingerprint density at radius 2 is 1.14 bits per heavy atom. The van der Waals surface area contributed by atoms with Crippen LogP contribution in [0.1, 0.15) is 55.2 Å². The molecule has 14 heteroatoms. The van der Waals surface area contributed by atoms with Crippen LogP contribution >= 0.6 is 0 Å². The molecule has 1 aliphatic carbocycles. The van der Waals surface area contributed by atoms with Crippen molar-refractivity contribution in [1.29, 1.82) is 0 Å². The first-order valence-electron chi connectivity index (χ1n) is 15.4. The van der Waals surface area contributed by atoms with Gasteiger partial charge in [0.25, 0.3) is 0 Å². The van der Waals surface area contributed by atoms with Crippen LogP contribution in [0.3, 0.4) is 0 Å². The molecular weight excluding hydrogens is 701 g/mol. The third-order valence-corrected chi connectivity index (χ3v) is 8.29. The number of allylic oxidation sites excluding steroid dienone is 2. The minimum Gasteiger partial charge on any atom is -0.429 e. The highest BCUT2D eigenvalue weighted by molar-refractivity contribution is 5.64. The lowest BCUT2D eigenvalue weighted by molar-refractivity contribution is -0.189. The second-order valence-electron chi connectivity index (χ2n) is 11.7. The molecule has 3 nitrogen and oxygen atoms in total. The van der Waals surface area contributed by atoms with Crippen molar-refractivity contribution < 1.29 is 62.5 Å². The van der Waals surface area contributed by atoms with E-state index in [1.54, 1.807) is 12.1 Å². The van der Waals surface area contributed by atoms with E-state index in [2.05, 4.69) is 26.4 Å². The van der Waals surface area contributed by atoms with Gasteiger partial charge in [0, 0.05) is 18.2 Å². The minimum absolute atomic E-state index is 0.0123. The Labute approximate surface area is 284 Å². The molecule has 0 N–H and O–H groups in total. The van der Waals surface area contributed by atoms with Crippen LogP contribution in [0.2, 0.25) is 0 Å². The second-order valence-corrected chi connectivity index (χ2v) is 11.7. The fourth-order valence-corrected chi connectivity index (χ4v) is 5.82. The van der Waals surface area contributed by atoms with Crippen LogP contribution in [0.5, 0.6) is 17.2 Å². The van der Waals surface area contributed by atoms with E-state index < -0.39 is 76.0 Å². The Bertz CT molecular complexity index is 1910. The molecule has 0 heterocycles. The van der Waals surface area contributed by atoms with Crippen molar-refractivity contribution >= 4 is 0 Å². The normalized spacial score (nSPS) is 16.6. The highest BCUT2D eigenvalue weighted by Crippen LogP contribution is 2.41. The Morgan fingerprint density at radius 3 is 1.67 bits per heavy atom. The second kappa shape index (κ2) is 15.1. The lowest BCUT2D eigenvalue weighted by Crippen LogP contribution is -2.25. The average molecular weight is 729 g/mol. The molecule has 1 saturated carbocycles. The molecule has 4 aromatic carbocycles. The van der Waals surface area contributed by atoms with Crippen molar-refractivity contribution in [1.82, 2.24) is 0 Å². The van der Waals surface area contributed by atoms with Gasteiger partial charge in [-0.1, -0.05) is 42.5 Å². The minimum atomic E-state index is -4.70. The maximum atomic E-state index is 15.0. The molecule has 1 fully saturated rings. The van der Waals surface area contributed by atoms with Crippen LogP contribution < -0.4 is 14.2 Å². The highest BCUT2D eigenvalue weighted by atomic mass is 19.3. The van der Waals surface area contributed by atoms with E-state index in [1.807, 2.05) is 19.1 Å². The first-order chi connectivity index (χ1) is 24.1. The summed E-state index contributed by atoms with van der Waals surface area (Å²) in [6.07, 6.45) is -3.68. The highest BCUT2D eigenvalue weighted by Gasteiger charge is 2.41. The van der Waals surface area contributed by atoms with Gasteiger partial charge in [-0.2, -0.15) is 30.7 Å². The van der Waals surface area contributed by atoms with Gasteiger partial charge in [0.05, 0.1) is 5.56 Å². The van der Waals surface area contributed by atoms with Gasteiger partial charge in [-0.3, -0.25) is 0 Å². The summed E-state index contributed by atoms with van der Waals surface area (Å²) in [5.41, 5.74) is -0.821. The summed E-state index contributed by atoms with van der Waals surface area (Å²) in [6.45, 7) is 2.00. The van der Waals surface area contributed by atoms with E-state index in [0.29, 0.717) is 29.0 Å². The van der Waals surface area contributed by atoms with Gasteiger partial charge in [0.1, 0.15) is 28.7 Å². The zero-order chi connectivity index (χ0) is 37.1. The molecule has 1 aliphatic rings. The third-order valence-electron chi connectivity index (χ3n) is 8.29. The van der Waals surface area contributed by atoms with Crippen LogP contribution in [-0.2, 0) is 12.2 Å². The number of hydrogen-bond donors (Lipinski definition) is 0. The average Bonchev–Trinajstić information content (AvgIpc) is 3.06. The molecule has 0 atom stereocenters. The van der Waals surface area contributed by atoms with Crippen molar-refractivity contribution in [2.24, 2.45) is 5.92 Å². The first-order valence-corrected chi connectivity index (χ1v) is 15.4. The first kappa shape index (κ1) is 37.3. The fourth-order valence-electron chi connectivity index (χ4n) is 5.82. The summed E-state index contributed by atoms with van der Waals surface area (Å²) in [5, 5.41) is 0. The molecule has 0 unspecified atom stereocenters. The smallest absolute Gasteiger partial charge is 0.429 e. The van der Waals surface area contributed by atoms with Crippen LogP contribution in [0, 0.1) is 29.2 Å². The lowest BCUT2D eigenvalue weighted by Gasteiger charge is -2.27. The molecule has 0 radical (unpaired) electrons. The summed E-state index contributed by atoms with van der Waals surface area (Å²) in [7, 11) is 0. The maximum absolute atomic E-state index is 15.0. The number of alkyl halides is 4. The van der Waals surface area contributed by atoms with Crippen LogP contribution in [-0.4, -0.2) is 0 Å². The number of rotatable bonds is 11. The van der Waals surface area contributed by atoms with Crippen molar-refractivity contribution in [2.45, 2.75) is 50.7 Å². The van der Waals surface area contributed by atoms with Gasteiger partial charge in [0.2, 0.25) is 5.75 Å². The molecule has 51 heavy (non-hydrogen) atoms. The summed E-state index contributed by atoms with van der Waals surface area (Å²) in [6, 6.07) is 8.54. The van der Waals surface area contributed by atoms with E-state index in [4.69, 9.17) is 0 Å². The summed E-state index contributed by atoms with van der Waals surface area (Å²) >= 11 is 0. The molecular formula is C37H27F11O3. The molecule has 0 aliphatic heterocycles. The van der Waals surface area contributed by atoms with E-state index >= 15 is 13.2 Å². The molecule has 270 valence electrons. The Hall–Kier alpha value is -5.01. The van der Waals surface area contributed by atoms with Crippen molar-refractivity contribution in [3.63, 3.8) is 0 Å². The molecule has 0 aromatic heterocycles. The largest absolute Gasteiger partial charge is 0.429 e. The van der Waals surface area contributed by atoms with E-state index in [0.717, 1.165) is 43.4 Å². The quantitative estimate of drug-likeness (QED) is 0.0874. The number of hydrogen-bond acceptors (Lipinski definition) is 3. The summed E-state index contributed by atoms with van der Waals surface area (Å²) < 4.78 is 167. The standard InChI is InChI=1S/C37H27F11O3/c1-2-3-20-4-6-21(7-5-20)22-8-10-23(11-9-22)24-12-14-27(29(38)16-24)36(45,46)50-25-13-15-28(30(39)17-25)37(47,48)51-26-18-31(40)33(32(41)19-26)49-35(44)34(42)43/h2-3,8-21H,4-7H2,1H3. The Balaban J connectivity index is 1.26. The van der Waals surface area contributed by atoms with Crippen molar-refractivity contribution in [2.75, 3.05) is 0 Å². The van der Waals surface area contributed by atoms with E-state index in [-0.39, 0.29) is 24.3 Å². The topological polar surface area (TPSA) is 27.7 Å². The van der Waals surface area contributed by atoms with Crippen molar-refractivity contribution in [3.8, 4) is 28.4 Å². The third kappa shape index (κ3) is 8.66. The van der Waals surface area contributed by atoms with Gasteiger partial charge in [0.15, 0.2) is 11.6 Å². The van der Waals surface area contributed by atoms with Gasteiger partial charge >= 0.3 is 24.3 Å². The predicted octanol–water partition coefficient (Wildman–Crippen LogP) is 12.4. The molecule has 0 amide bonds. The van der Waals surface area contributed by atoms with Crippen molar-refractivity contribution in [3.05, 3.63) is 137 Å². The Morgan fingerprint density at radius 1 is 0.627 bits per heavy atom. The maximum Gasteiger partial charge on any atom is 0.429 e. The fraction of sp³-hybridized carbons (Fsp3) is 0.243. The number of halogens is 11. The lowest BCUT2D eigenvalue weighted by atomic mass is 9.78. The Kier molecular flexibility index (Phi) is 11.0. The zero-order valence-electron chi connectivity index (χ0n) is 26.4. The molecule has 0 spiro atoms. The van der Waals surface area contributed by atoms with E-state index in [9.17, 15) is 35.1 Å². The summed E-state index contributed by atoms with van der Waals surface area (Å²) in [4.78, 5) is 0.